The van der Waals surface area contributed by atoms with Crippen molar-refractivity contribution in [3.05, 3.63) is 23.2 Å². The lowest BCUT2D eigenvalue weighted by Crippen LogP contribution is -2.21. The number of hydrogen-bond acceptors (Lipinski definition) is 4. The van der Waals surface area contributed by atoms with Gasteiger partial charge in [-0.15, -0.1) is 11.8 Å². The fourth-order valence-electron chi connectivity index (χ4n) is 2.39. The zero-order valence-electron chi connectivity index (χ0n) is 14.4. The monoisotopic (exact) mass is 318 g/mol. The Hall–Kier alpha value is -2.02. The molecule has 1 aliphatic carbocycles. The van der Waals surface area contributed by atoms with Gasteiger partial charge in [-0.3, -0.25) is 9.59 Å². The number of Topliss-reactive ketones (excluding diaryl/α,β-unsaturated/α-hetero) is 1. The first-order chi connectivity index (χ1) is 11.2. The summed E-state index contributed by atoms with van der Waals surface area (Å²) in [6.45, 7) is 2.16. The van der Waals surface area contributed by atoms with E-state index in [1.165, 1.54) is 26.7 Å². The number of allylic oxidation sites excluding steroid dienone is 2. The molecule has 0 saturated heterocycles. The molecular weight excluding hydrogens is 292 g/mol. The van der Waals surface area contributed by atoms with Gasteiger partial charge >= 0.3 is 0 Å². The van der Waals surface area contributed by atoms with E-state index in [9.17, 15) is 9.59 Å². The topological polar surface area (TPSA) is 52.6 Å². The maximum absolute atomic E-state index is 12.2. The summed E-state index contributed by atoms with van der Waals surface area (Å²) in [7, 11) is 2.81. The summed E-state index contributed by atoms with van der Waals surface area (Å²) in [5.41, 5.74) is 0.422. The van der Waals surface area contributed by atoms with Gasteiger partial charge in [-0.1, -0.05) is 19.8 Å². The van der Waals surface area contributed by atoms with Crippen molar-refractivity contribution in [2.45, 2.75) is 58.3 Å². The van der Waals surface area contributed by atoms with Crippen LogP contribution in [-0.2, 0) is 19.1 Å². The molecule has 126 valence electrons. The van der Waals surface area contributed by atoms with Gasteiger partial charge in [0.15, 0.2) is 11.5 Å². The van der Waals surface area contributed by atoms with E-state index in [0.29, 0.717) is 12.0 Å². The Morgan fingerprint density at radius 1 is 0.957 bits per heavy atom. The summed E-state index contributed by atoms with van der Waals surface area (Å²) in [4.78, 5) is 24.1. The second-order valence-corrected chi connectivity index (χ2v) is 5.44. The number of rotatable bonds is 9. The first-order valence-electron chi connectivity index (χ1n) is 8.23. The van der Waals surface area contributed by atoms with Gasteiger partial charge in [-0.25, -0.2) is 0 Å². The van der Waals surface area contributed by atoms with Crippen LogP contribution >= 0.6 is 0 Å². The van der Waals surface area contributed by atoms with Crippen LogP contribution in [0, 0.1) is 11.8 Å². The van der Waals surface area contributed by atoms with Crippen molar-refractivity contribution in [1.82, 2.24) is 0 Å². The lowest BCUT2D eigenvalue weighted by molar-refractivity contribution is -0.120. The van der Waals surface area contributed by atoms with E-state index in [1.807, 2.05) is 0 Å². The molecule has 0 radical (unpaired) electrons. The first kappa shape index (κ1) is 19.0. The Balaban J connectivity index is 2.44. The molecule has 0 saturated carbocycles. The molecule has 0 fully saturated rings. The fraction of sp³-hybridized carbons (Fsp3) is 0.579. The molecule has 0 aliphatic heterocycles. The molecule has 0 unspecified atom stereocenters. The van der Waals surface area contributed by atoms with Gasteiger partial charge in [-0.2, -0.15) is 0 Å². The van der Waals surface area contributed by atoms with Gasteiger partial charge in [0.25, 0.3) is 0 Å². The van der Waals surface area contributed by atoms with E-state index in [0.717, 1.165) is 38.5 Å². The summed E-state index contributed by atoms with van der Waals surface area (Å²) in [5.74, 6) is 6.03. The molecule has 4 heteroatoms. The van der Waals surface area contributed by atoms with Crippen LogP contribution in [0.2, 0.25) is 0 Å². The Labute approximate surface area is 138 Å². The zero-order valence-corrected chi connectivity index (χ0v) is 14.4. The van der Waals surface area contributed by atoms with Crippen LogP contribution in [0.1, 0.15) is 58.3 Å². The van der Waals surface area contributed by atoms with Gasteiger partial charge in [0.1, 0.15) is 0 Å². The molecule has 1 rings (SSSR count). The minimum Gasteiger partial charge on any atom is -0.493 e. The lowest BCUT2D eigenvalue weighted by atomic mass is 9.94. The van der Waals surface area contributed by atoms with Crippen LogP contribution in [0.25, 0.3) is 0 Å². The van der Waals surface area contributed by atoms with E-state index in [-0.39, 0.29) is 23.1 Å². The minimum absolute atomic E-state index is 0.0904. The van der Waals surface area contributed by atoms with E-state index >= 15 is 0 Å². The summed E-state index contributed by atoms with van der Waals surface area (Å²) in [5, 5.41) is 0. The predicted molar refractivity (Wildman–Crippen MR) is 89.5 cm³/mol. The van der Waals surface area contributed by atoms with Crippen molar-refractivity contribution in [2.24, 2.45) is 0 Å². The highest BCUT2D eigenvalue weighted by Crippen LogP contribution is 2.24. The third-order valence-corrected chi connectivity index (χ3v) is 3.69. The molecule has 0 aromatic carbocycles. The molecule has 1 aliphatic rings. The van der Waals surface area contributed by atoms with E-state index < -0.39 is 0 Å². The SMILES string of the molecule is CCCCC#CCCCCCC1=C(OC)C(=O)C=C(OC)C1=O. The maximum atomic E-state index is 12.2. The highest BCUT2D eigenvalue weighted by atomic mass is 16.5. The number of hydrogen-bond donors (Lipinski definition) is 0. The Morgan fingerprint density at radius 2 is 1.65 bits per heavy atom. The maximum Gasteiger partial charge on any atom is 0.227 e. The quantitative estimate of drug-likeness (QED) is 0.369. The van der Waals surface area contributed by atoms with E-state index in [2.05, 4.69) is 18.8 Å². The van der Waals surface area contributed by atoms with Gasteiger partial charge in [0, 0.05) is 24.5 Å². The van der Waals surface area contributed by atoms with Gasteiger partial charge in [0.2, 0.25) is 11.6 Å². The molecule has 0 N–H and O–H groups in total. The number of carbonyl (C=O) groups excluding carboxylic acids is 2. The second kappa shape index (κ2) is 10.7. The average Bonchev–Trinajstić information content (AvgIpc) is 2.55. The summed E-state index contributed by atoms with van der Waals surface area (Å²) in [6, 6.07) is 0. The first-order valence-corrected chi connectivity index (χ1v) is 8.23. The van der Waals surface area contributed by atoms with Crippen LogP contribution in [0.5, 0.6) is 0 Å². The van der Waals surface area contributed by atoms with E-state index in [1.54, 1.807) is 0 Å². The predicted octanol–water partition coefficient (Wildman–Crippen LogP) is 3.71. The fourth-order valence-corrected chi connectivity index (χ4v) is 2.39. The number of ketones is 2. The van der Waals surface area contributed by atoms with Crippen molar-refractivity contribution in [3.63, 3.8) is 0 Å². The second-order valence-electron chi connectivity index (χ2n) is 5.44. The molecule has 23 heavy (non-hydrogen) atoms. The highest BCUT2D eigenvalue weighted by molar-refractivity contribution is 6.21. The van der Waals surface area contributed by atoms with Crippen molar-refractivity contribution < 1.29 is 19.1 Å². The number of carbonyl (C=O) groups is 2. The Bertz CT molecular complexity index is 543. The average molecular weight is 318 g/mol. The largest absolute Gasteiger partial charge is 0.493 e. The Kier molecular flexibility index (Phi) is 8.82. The molecular formula is C19H26O4. The number of methoxy groups -OCH3 is 2. The zero-order chi connectivity index (χ0) is 17.1. The van der Waals surface area contributed by atoms with Crippen molar-refractivity contribution in [3.8, 4) is 11.8 Å². The molecule has 0 spiro atoms. The molecule has 0 bridgehead atoms. The summed E-state index contributed by atoms with van der Waals surface area (Å²) < 4.78 is 10.1. The molecule has 0 aromatic rings. The van der Waals surface area contributed by atoms with Crippen LogP contribution in [-0.4, -0.2) is 25.8 Å². The highest BCUT2D eigenvalue weighted by Gasteiger charge is 2.29. The normalized spacial score (nSPS) is 14.3. The van der Waals surface area contributed by atoms with Crippen LogP contribution in [0.4, 0.5) is 0 Å². The van der Waals surface area contributed by atoms with Crippen LogP contribution in [0.3, 0.4) is 0 Å². The standard InChI is InChI=1S/C19H26O4/c1-4-5-6-7-8-9-10-11-12-13-15-18(21)17(22-2)14-16(20)19(15)23-3/h14H,4-6,9-13H2,1-3H3. The third kappa shape index (κ3) is 5.94. The van der Waals surface area contributed by atoms with Crippen molar-refractivity contribution in [2.75, 3.05) is 14.2 Å². The van der Waals surface area contributed by atoms with Gasteiger partial charge in [0.05, 0.1) is 14.2 Å². The summed E-state index contributed by atoms with van der Waals surface area (Å²) >= 11 is 0. The smallest absolute Gasteiger partial charge is 0.227 e. The van der Waals surface area contributed by atoms with Crippen LogP contribution < -0.4 is 0 Å². The van der Waals surface area contributed by atoms with Gasteiger partial charge in [-0.05, 0) is 25.7 Å². The molecule has 0 atom stereocenters. The lowest BCUT2D eigenvalue weighted by Gasteiger charge is -2.17. The van der Waals surface area contributed by atoms with Gasteiger partial charge < -0.3 is 9.47 Å². The number of ether oxygens (including phenoxy) is 2. The van der Waals surface area contributed by atoms with Crippen LogP contribution in [0.15, 0.2) is 23.2 Å². The summed E-state index contributed by atoms with van der Waals surface area (Å²) in [6.07, 6.45) is 8.71. The van der Waals surface area contributed by atoms with Crippen molar-refractivity contribution in [1.29, 1.82) is 0 Å². The molecule has 0 amide bonds. The van der Waals surface area contributed by atoms with E-state index in [4.69, 9.17) is 9.47 Å². The Morgan fingerprint density at radius 3 is 2.26 bits per heavy atom. The molecule has 0 heterocycles. The molecule has 0 aromatic heterocycles. The third-order valence-electron chi connectivity index (χ3n) is 3.69. The van der Waals surface area contributed by atoms with Crippen molar-refractivity contribution >= 4 is 11.6 Å². The number of unbranched alkanes of at least 4 members (excludes halogenated alkanes) is 5. The minimum atomic E-state index is -0.305. The molecule has 4 nitrogen and oxygen atoms in total.